The van der Waals surface area contributed by atoms with E-state index >= 15 is 0 Å². The monoisotopic (exact) mass is 275 g/mol. The number of nitrogens with two attached hydrogens (primary N) is 1. The molecule has 3 rings (SSSR count). The highest BCUT2D eigenvalue weighted by Crippen LogP contribution is 2.08. The van der Waals surface area contributed by atoms with Gasteiger partial charge in [-0.2, -0.15) is 15.0 Å². The average Bonchev–Trinajstić information content (AvgIpc) is 2.95. The minimum Gasteiger partial charge on any atom is -0.368 e. The van der Waals surface area contributed by atoms with Crippen molar-refractivity contribution >= 4 is 11.9 Å². The first-order valence-corrected chi connectivity index (χ1v) is 6.41. The van der Waals surface area contributed by atoms with Gasteiger partial charge in [-0.3, -0.25) is 9.99 Å². The Morgan fingerprint density at radius 3 is 2.65 bits per heavy atom. The summed E-state index contributed by atoms with van der Waals surface area (Å²) in [4.78, 5) is 18.8. The molecule has 0 saturated carbocycles. The Morgan fingerprint density at radius 1 is 1.15 bits per heavy atom. The molecule has 0 radical (unpaired) electrons. The van der Waals surface area contributed by atoms with Gasteiger partial charge in [0.15, 0.2) is 0 Å². The molecule has 106 valence electrons. The number of piperazine rings is 1. The molecule has 9 heteroatoms. The molecule has 0 atom stereocenters. The number of nitrogens with zero attached hydrogens (tertiary/aromatic N) is 7. The lowest BCUT2D eigenvalue weighted by atomic mass is 10.4. The zero-order valence-corrected chi connectivity index (χ0v) is 11.3. The fourth-order valence-electron chi connectivity index (χ4n) is 1.98. The number of hydrazine groups is 1. The van der Waals surface area contributed by atoms with Crippen LogP contribution in [0.1, 0.15) is 0 Å². The van der Waals surface area contributed by atoms with Crippen molar-refractivity contribution in [1.82, 2.24) is 34.4 Å². The van der Waals surface area contributed by atoms with E-state index in [4.69, 9.17) is 5.73 Å². The standard InChI is InChI=1S/C11H17N9/c1-18-4-6-20(7-5-18)17-10-14-9(12)15-11(16-10)19-3-2-13-8-19/h2-3,8H,4-7H2,1H3,(H3,12,14,15,16,17). The van der Waals surface area contributed by atoms with Crippen molar-refractivity contribution in [1.29, 1.82) is 0 Å². The van der Waals surface area contributed by atoms with E-state index in [1.54, 1.807) is 23.3 Å². The van der Waals surface area contributed by atoms with Crippen LogP contribution in [0.4, 0.5) is 11.9 Å². The predicted octanol–water partition coefficient (Wildman–Crippen LogP) is -0.786. The quantitative estimate of drug-likeness (QED) is 0.752. The van der Waals surface area contributed by atoms with Crippen LogP contribution in [0.15, 0.2) is 18.7 Å². The highest BCUT2D eigenvalue weighted by molar-refractivity contribution is 5.34. The number of imidazole rings is 1. The van der Waals surface area contributed by atoms with Crippen LogP contribution in [-0.4, -0.2) is 67.6 Å². The number of nitrogens with one attached hydrogen (secondary N) is 1. The molecule has 1 aliphatic heterocycles. The molecule has 0 unspecified atom stereocenters. The van der Waals surface area contributed by atoms with E-state index in [1.165, 1.54) is 0 Å². The van der Waals surface area contributed by atoms with E-state index < -0.39 is 0 Å². The lowest BCUT2D eigenvalue weighted by Crippen LogP contribution is -2.47. The Bertz CT molecular complexity index is 559. The number of anilines is 2. The van der Waals surface area contributed by atoms with Gasteiger partial charge in [0.05, 0.1) is 0 Å². The minimum atomic E-state index is 0.181. The van der Waals surface area contributed by atoms with Crippen molar-refractivity contribution in [2.45, 2.75) is 0 Å². The molecular formula is C11H17N9. The average molecular weight is 275 g/mol. The van der Waals surface area contributed by atoms with Gasteiger partial charge in [-0.05, 0) is 7.05 Å². The van der Waals surface area contributed by atoms with Crippen molar-refractivity contribution < 1.29 is 0 Å². The lowest BCUT2D eigenvalue weighted by molar-refractivity contribution is 0.178. The number of aromatic nitrogens is 5. The van der Waals surface area contributed by atoms with Gasteiger partial charge >= 0.3 is 0 Å². The minimum absolute atomic E-state index is 0.181. The molecule has 0 bridgehead atoms. The first kappa shape index (κ1) is 12.8. The van der Waals surface area contributed by atoms with Gasteiger partial charge in [0.2, 0.25) is 17.8 Å². The maximum Gasteiger partial charge on any atom is 0.244 e. The molecule has 3 heterocycles. The third kappa shape index (κ3) is 2.83. The molecular weight excluding hydrogens is 258 g/mol. The summed E-state index contributed by atoms with van der Waals surface area (Å²) in [6, 6.07) is 0. The lowest BCUT2D eigenvalue weighted by Gasteiger charge is -2.32. The van der Waals surface area contributed by atoms with Gasteiger partial charge in [-0.25, -0.2) is 9.99 Å². The second kappa shape index (κ2) is 5.39. The van der Waals surface area contributed by atoms with Crippen molar-refractivity contribution in [2.24, 2.45) is 0 Å². The molecule has 1 fully saturated rings. The van der Waals surface area contributed by atoms with Crippen molar-refractivity contribution in [3.63, 3.8) is 0 Å². The molecule has 0 spiro atoms. The number of likely N-dealkylation sites (N-methyl/N-ethyl adjacent to an activating group) is 1. The maximum absolute atomic E-state index is 5.73. The van der Waals surface area contributed by atoms with Crippen LogP contribution in [0.2, 0.25) is 0 Å². The van der Waals surface area contributed by atoms with Gasteiger partial charge in [-0.1, -0.05) is 0 Å². The summed E-state index contributed by atoms with van der Waals surface area (Å²) in [6.07, 6.45) is 5.04. The molecule has 2 aromatic heterocycles. The molecule has 0 aliphatic carbocycles. The van der Waals surface area contributed by atoms with Crippen molar-refractivity contribution in [2.75, 3.05) is 44.4 Å². The summed E-state index contributed by atoms with van der Waals surface area (Å²) in [6.45, 7) is 3.81. The Kier molecular flexibility index (Phi) is 3.44. The molecule has 20 heavy (non-hydrogen) atoms. The zero-order chi connectivity index (χ0) is 13.9. The fourth-order valence-corrected chi connectivity index (χ4v) is 1.98. The second-order valence-electron chi connectivity index (χ2n) is 4.69. The Balaban J connectivity index is 1.76. The predicted molar refractivity (Wildman–Crippen MR) is 74.1 cm³/mol. The van der Waals surface area contributed by atoms with Crippen LogP contribution in [-0.2, 0) is 0 Å². The third-order valence-corrected chi connectivity index (χ3v) is 3.14. The molecule has 0 aromatic carbocycles. The molecule has 0 amide bonds. The van der Waals surface area contributed by atoms with Crippen molar-refractivity contribution in [3.8, 4) is 5.95 Å². The summed E-state index contributed by atoms with van der Waals surface area (Å²) in [5.41, 5.74) is 8.91. The number of rotatable bonds is 3. The fraction of sp³-hybridized carbons (Fsp3) is 0.455. The number of hydrogen-bond acceptors (Lipinski definition) is 8. The normalized spacial score (nSPS) is 17.2. The Labute approximate surface area is 116 Å². The Morgan fingerprint density at radius 2 is 1.95 bits per heavy atom. The molecule has 3 N–H and O–H groups in total. The number of nitrogen functional groups attached to an aromatic ring is 1. The molecule has 1 saturated heterocycles. The summed E-state index contributed by atoms with van der Waals surface area (Å²) < 4.78 is 1.69. The SMILES string of the molecule is CN1CCN(Nc2nc(N)nc(-n3ccnc3)n2)CC1. The summed E-state index contributed by atoms with van der Waals surface area (Å²) in [7, 11) is 2.11. The van der Waals surface area contributed by atoms with Crippen LogP contribution >= 0.6 is 0 Å². The third-order valence-electron chi connectivity index (χ3n) is 3.14. The smallest absolute Gasteiger partial charge is 0.244 e. The first-order valence-electron chi connectivity index (χ1n) is 6.41. The largest absolute Gasteiger partial charge is 0.368 e. The Hall–Kier alpha value is -2.26. The van der Waals surface area contributed by atoms with Gasteiger partial charge in [0.1, 0.15) is 6.33 Å². The number of hydrogen-bond donors (Lipinski definition) is 2. The molecule has 9 nitrogen and oxygen atoms in total. The van der Waals surface area contributed by atoms with E-state index in [0.717, 1.165) is 26.2 Å². The van der Waals surface area contributed by atoms with Crippen LogP contribution in [0.3, 0.4) is 0 Å². The summed E-state index contributed by atoms with van der Waals surface area (Å²) >= 11 is 0. The van der Waals surface area contributed by atoms with Gasteiger partial charge < -0.3 is 10.6 Å². The van der Waals surface area contributed by atoms with Crippen LogP contribution in [0.25, 0.3) is 5.95 Å². The van der Waals surface area contributed by atoms with E-state index in [0.29, 0.717) is 11.9 Å². The van der Waals surface area contributed by atoms with Gasteiger partial charge in [0.25, 0.3) is 0 Å². The zero-order valence-electron chi connectivity index (χ0n) is 11.3. The molecule has 2 aromatic rings. The summed E-state index contributed by atoms with van der Waals surface area (Å²) in [5.74, 6) is 1.08. The van der Waals surface area contributed by atoms with E-state index in [2.05, 4.69) is 42.3 Å². The van der Waals surface area contributed by atoms with Crippen LogP contribution in [0, 0.1) is 0 Å². The van der Waals surface area contributed by atoms with Crippen LogP contribution < -0.4 is 11.2 Å². The maximum atomic E-state index is 5.73. The van der Waals surface area contributed by atoms with Gasteiger partial charge in [-0.15, -0.1) is 0 Å². The highest BCUT2D eigenvalue weighted by Gasteiger charge is 2.15. The summed E-state index contributed by atoms with van der Waals surface area (Å²) in [5, 5.41) is 2.08. The first-order chi connectivity index (χ1) is 9.70. The van der Waals surface area contributed by atoms with Gasteiger partial charge in [0, 0.05) is 38.6 Å². The van der Waals surface area contributed by atoms with E-state index in [-0.39, 0.29) is 5.95 Å². The van der Waals surface area contributed by atoms with Crippen molar-refractivity contribution in [3.05, 3.63) is 18.7 Å². The molecule has 1 aliphatic rings. The van der Waals surface area contributed by atoms with E-state index in [9.17, 15) is 0 Å². The van der Waals surface area contributed by atoms with E-state index in [1.807, 2.05) is 0 Å². The highest BCUT2D eigenvalue weighted by atomic mass is 15.6. The topological polar surface area (TPSA) is 101 Å². The van der Waals surface area contributed by atoms with Crippen LogP contribution in [0.5, 0.6) is 0 Å². The second-order valence-corrected chi connectivity index (χ2v) is 4.69.